The zero-order chi connectivity index (χ0) is 22.5. The molecule has 5 aliphatic carbocycles. The fourth-order valence-electron chi connectivity index (χ4n) is 9.33. The number of carbonyl (C=O) groups is 2. The van der Waals surface area contributed by atoms with E-state index in [2.05, 4.69) is 13.8 Å². The summed E-state index contributed by atoms with van der Waals surface area (Å²) < 4.78 is 28.2. The van der Waals surface area contributed by atoms with E-state index in [9.17, 15) is 9.59 Å². The minimum Gasteiger partial charge on any atom is -0.353 e. The third kappa shape index (κ3) is 2.61. The molecule has 0 aromatic rings. The summed E-state index contributed by atoms with van der Waals surface area (Å²) in [6.07, 6.45) is 8.27. The lowest BCUT2D eigenvalue weighted by molar-refractivity contribution is -0.254. The average Bonchev–Trinajstić information content (AvgIpc) is 3.52. The summed E-state index contributed by atoms with van der Waals surface area (Å²) in [7, 11) is 0. The number of alkyl halides is 1. The van der Waals surface area contributed by atoms with Crippen molar-refractivity contribution in [2.75, 3.05) is 6.61 Å². The Morgan fingerprint density at radius 2 is 1.88 bits per heavy atom. The predicted molar refractivity (Wildman–Crippen MR) is 117 cm³/mol. The van der Waals surface area contributed by atoms with Crippen LogP contribution in [0.5, 0.6) is 0 Å². The standard InChI is InChI=1S/C27H37FO4/c1-15(29)27(32-24-6-4-5-11-31-24)10-8-18-16-13-22(28)21-14-23(30)17-12-20(17)26(21,3)19(16)7-9-25(18,27)2/h14,16-20,22,24H,4-13H2,1-3H3/t16-,17?,18-,19+,20?,22+,24?,25-,26+,27-/m0/s1. The molecule has 0 aromatic carbocycles. The van der Waals surface area contributed by atoms with Crippen LogP contribution in [0.3, 0.4) is 0 Å². The molecule has 0 aromatic heterocycles. The lowest BCUT2D eigenvalue weighted by Crippen LogP contribution is -2.60. The molecule has 0 spiro atoms. The molecule has 0 bridgehead atoms. The zero-order valence-corrected chi connectivity index (χ0v) is 19.7. The quantitative estimate of drug-likeness (QED) is 0.601. The highest BCUT2D eigenvalue weighted by Gasteiger charge is 2.71. The van der Waals surface area contributed by atoms with Gasteiger partial charge in [0.1, 0.15) is 11.8 Å². The molecule has 10 atom stereocenters. The molecule has 4 nitrogen and oxygen atoms in total. The van der Waals surface area contributed by atoms with Gasteiger partial charge in [0.25, 0.3) is 0 Å². The van der Waals surface area contributed by atoms with Crippen molar-refractivity contribution in [2.24, 2.45) is 40.4 Å². The van der Waals surface area contributed by atoms with Crippen LogP contribution in [0.4, 0.5) is 4.39 Å². The Morgan fingerprint density at radius 3 is 2.59 bits per heavy atom. The SMILES string of the molecule is CC(=O)[C@@]1(OC2CCCCO2)CC[C@H]2[C@@H]3C[C@@H](F)C4=CC(=O)C5CC5[C@@]4(C)[C@@H]3CC[C@@]21C. The summed E-state index contributed by atoms with van der Waals surface area (Å²) >= 11 is 0. The van der Waals surface area contributed by atoms with E-state index in [0.717, 1.165) is 50.5 Å². The van der Waals surface area contributed by atoms with E-state index in [1.165, 1.54) is 0 Å². The topological polar surface area (TPSA) is 52.6 Å². The fraction of sp³-hybridized carbons (Fsp3) is 0.852. The molecule has 1 aliphatic heterocycles. The van der Waals surface area contributed by atoms with E-state index < -0.39 is 11.8 Å². The molecule has 0 radical (unpaired) electrons. The number of hydrogen-bond donors (Lipinski definition) is 0. The van der Waals surface area contributed by atoms with Crippen molar-refractivity contribution < 1.29 is 23.5 Å². The van der Waals surface area contributed by atoms with E-state index in [1.54, 1.807) is 13.0 Å². The molecule has 0 amide bonds. The number of Topliss-reactive ketones (excluding diaryl/α,β-unsaturated/α-hetero) is 1. The van der Waals surface area contributed by atoms with Gasteiger partial charge < -0.3 is 9.47 Å². The Hall–Kier alpha value is -1.07. The van der Waals surface area contributed by atoms with Gasteiger partial charge >= 0.3 is 0 Å². The van der Waals surface area contributed by atoms with Crippen LogP contribution in [0.1, 0.15) is 78.6 Å². The average molecular weight is 445 g/mol. The number of hydrogen-bond acceptors (Lipinski definition) is 4. The first-order valence-electron chi connectivity index (χ1n) is 12.9. The smallest absolute Gasteiger partial charge is 0.162 e. The first-order chi connectivity index (χ1) is 15.2. The highest BCUT2D eigenvalue weighted by molar-refractivity contribution is 5.96. The van der Waals surface area contributed by atoms with Crippen LogP contribution in [0.15, 0.2) is 11.6 Å². The number of carbonyl (C=O) groups excluding carboxylic acids is 2. The Bertz CT molecular complexity index is 877. The van der Waals surface area contributed by atoms with Gasteiger partial charge in [-0.15, -0.1) is 0 Å². The molecule has 1 heterocycles. The maximum Gasteiger partial charge on any atom is 0.162 e. The number of ether oxygens (including phenoxy) is 2. The first-order valence-corrected chi connectivity index (χ1v) is 12.9. The van der Waals surface area contributed by atoms with Crippen LogP contribution in [0, 0.1) is 40.4 Å². The molecule has 1 saturated heterocycles. The van der Waals surface area contributed by atoms with Crippen LogP contribution < -0.4 is 0 Å². The van der Waals surface area contributed by atoms with E-state index in [-0.39, 0.29) is 46.4 Å². The van der Waals surface area contributed by atoms with E-state index >= 15 is 4.39 Å². The highest BCUT2D eigenvalue weighted by atomic mass is 19.1. The summed E-state index contributed by atoms with van der Waals surface area (Å²) in [6.45, 7) is 6.88. The second-order valence-corrected chi connectivity index (χ2v) is 12.1. The molecule has 6 aliphatic rings. The van der Waals surface area contributed by atoms with Crippen molar-refractivity contribution in [1.82, 2.24) is 0 Å². The molecule has 5 fully saturated rings. The molecule has 32 heavy (non-hydrogen) atoms. The molecule has 6 rings (SSSR count). The van der Waals surface area contributed by atoms with Gasteiger partial charge in [0.05, 0.1) is 0 Å². The van der Waals surface area contributed by atoms with Gasteiger partial charge in [-0.1, -0.05) is 13.8 Å². The maximum absolute atomic E-state index is 15.7. The summed E-state index contributed by atoms with van der Waals surface area (Å²) in [5.41, 5.74) is -0.519. The molecule has 0 N–H and O–H groups in total. The van der Waals surface area contributed by atoms with Gasteiger partial charge in [-0.3, -0.25) is 9.59 Å². The first kappa shape index (κ1) is 21.5. The highest BCUT2D eigenvalue weighted by Crippen LogP contribution is 2.72. The van der Waals surface area contributed by atoms with Crippen molar-refractivity contribution in [2.45, 2.75) is 96.6 Å². The Kier molecular flexibility index (Phi) is 4.68. The van der Waals surface area contributed by atoms with Crippen molar-refractivity contribution >= 4 is 11.6 Å². The van der Waals surface area contributed by atoms with E-state index in [4.69, 9.17) is 9.47 Å². The number of rotatable bonds is 3. The maximum atomic E-state index is 15.7. The zero-order valence-electron chi connectivity index (χ0n) is 19.7. The van der Waals surface area contributed by atoms with Gasteiger partial charge in [0, 0.05) is 17.9 Å². The van der Waals surface area contributed by atoms with Gasteiger partial charge in [-0.05, 0) is 105 Å². The van der Waals surface area contributed by atoms with Crippen LogP contribution in [-0.4, -0.2) is 36.2 Å². The minimum atomic E-state index is -1.04. The second-order valence-electron chi connectivity index (χ2n) is 12.1. The van der Waals surface area contributed by atoms with E-state index in [0.29, 0.717) is 31.3 Å². The monoisotopic (exact) mass is 444 g/mol. The van der Waals surface area contributed by atoms with Gasteiger partial charge in [0.15, 0.2) is 17.9 Å². The molecule has 176 valence electrons. The summed E-state index contributed by atoms with van der Waals surface area (Å²) in [5, 5.41) is 0. The Morgan fingerprint density at radius 1 is 1.09 bits per heavy atom. The normalized spacial score (nSPS) is 54.1. The van der Waals surface area contributed by atoms with E-state index in [1.807, 2.05) is 0 Å². The molecule has 4 saturated carbocycles. The van der Waals surface area contributed by atoms with Crippen molar-refractivity contribution in [3.05, 3.63) is 11.6 Å². The summed E-state index contributed by atoms with van der Waals surface area (Å²) in [5.74, 6) is 1.63. The fourth-order valence-corrected chi connectivity index (χ4v) is 9.33. The van der Waals surface area contributed by atoms with Crippen LogP contribution in [-0.2, 0) is 19.1 Å². The molecular formula is C27H37FO4. The minimum absolute atomic E-state index is 0.111. The molecule has 5 heteroatoms. The van der Waals surface area contributed by atoms with Crippen LogP contribution >= 0.6 is 0 Å². The van der Waals surface area contributed by atoms with Crippen LogP contribution in [0.25, 0.3) is 0 Å². The number of allylic oxidation sites excluding steroid dienone is 1. The third-order valence-corrected chi connectivity index (χ3v) is 11.0. The summed E-state index contributed by atoms with van der Waals surface area (Å²) in [6, 6.07) is 0. The van der Waals surface area contributed by atoms with Gasteiger partial charge in [-0.2, -0.15) is 0 Å². The summed E-state index contributed by atoms with van der Waals surface area (Å²) in [4.78, 5) is 25.6. The van der Waals surface area contributed by atoms with Crippen LogP contribution in [0.2, 0.25) is 0 Å². The Labute approximate surface area is 190 Å². The lowest BCUT2D eigenvalue weighted by Gasteiger charge is -2.60. The van der Waals surface area contributed by atoms with Crippen molar-refractivity contribution in [3.8, 4) is 0 Å². The van der Waals surface area contributed by atoms with Gasteiger partial charge in [0.2, 0.25) is 0 Å². The number of halogens is 1. The predicted octanol–water partition coefficient (Wildman–Crippen LogP) is 5.19. The second kappa shape index (κ2) is 6.97. The van der Waals surface area contributed by atoms with Crippen molar-refractivity contribution in [1.29, 1.82) is 0 Å². The van der Waals surface area contributed by atoms with Gasteiger partial charge in [-0.25, -0.2) is 4.39 Å². The number of ketones is 2. The molecular weight excluding hydrogens is 407 g/mol. The Balaban J connectivity index is 1.35. The van der Waals surface area contributed by atoms with Crippen molar-refractivity contribution in [3.63, 3.8) is 0 Å². The molecule has 3 unspecified atom stereocenters. The third-order valence-electron chi connectivity index (χ3n) is 11.0. The lowest BCUT2D eigenvalue weighted by atomic mass is 9.45. The largest absolute Gasteiger partial charge is 0.353 e. The number of fused-ring (bicyclic) bond motifs is 7.